The van der Waals surface area contributed by atoms with Gasteiger partial charge in [-0.05, 0) is 73.5 Å². The molecular formula is C53H75BN8O9. The van der Waals surface area contributed by atoms with Crippen LogP contribution in [0.3, 0.4) is 0 Å². The van der Waals surface area contributed by atoms with E-state index in [-0.39, 0.29) is 55.8 Å². The molecule has 384 valence electrons. The van der Waals surface area contributed by atoms with Crippen molar-refractivity contribution in [3.63, 3.8) is 0 Å². The molecule has 1 aliphatic rings. The highest BCUT2D eigenvalue weighted by molar-refractivity contribution is 6.32. The van der Waals surface area contributed by atoms with E-state index in [0.717, 1.165) is 39.8 Å². The molecule has 5 amide bonds. The Labute approximate surface area is 420 Å². The number of likely N-dealkylation sites (N-methyl/N-ethyl adjacent to an activating group) is 3. The highest BCUT2D eigenvalue weighted by atomic mass is 16.6. The second kappa shape index (κ2) is 26.3. The third-order valence-corrected chi connectivity index (χ3v) is 13.1. The normalized spacial score (nSPS) is 15.5. The molecule has 71 heavy (non-hydrogen) atoms. The number of carboxylic acid groups (broad SMARTS) is 1. The summed E-state index contributed by atoms with van der Waals surface area (Å²) in [6, 6.07) is 10.4. The van der Waals surface area contributed by atoms with Gasteiger partial charge in [-0.3, -0.25) is 24.0 Å². The lowest BCUT2D eigenvalue weighted by Gasteiger charge is -2.35. The number of carbonyl (C=O) groups excluding carboxylic acids is 6. The standard InChI is InChI=1S/C53H75BN8O9/c1-31(2)24-41(50(66)59(8)34(7)53(70)71-46(52(68)69)16-13-23-55)57-48(64)45(28-37-30-62(43-15-12-11-14-39(37)43)29-36-19-21-38(54)22-20-36)61(10)51(67)42(25-32(3)4)58-47(63)44(26-33(5)6)60(9)49(65)40(56)27-35-17-18-35/h11-12,14-15,19-22,30-35,40-42,44-46H,13,16-18,24-29,56H2,1-10H3,(H,57,64)(H,58,63)(H,68,69)/t34-,40-,41-,42-,44-,45-,46+/m0/s1. The predicted molar refractivity (Wildman–Crippen MR) is 272 cm³/mol. The van der Waals surface area contributed by atoms with Crippen LogP contribution in [0.25, 0.3) is 10.9 Å². The molecule has 1 aromatic heterocycles. The van der Waals surface area contributed by atoms with Crippen molar-refractivity contribution < 1.29 is 43.4 Å². The van der Waals surface area contributed by atoms with Gasteiger partial charge in [0.1, 0.15) is 38.1 Å². The molecule has 0 spiro atoms. The molecule has 0 aliphatic heterocycles. The average Bonchev–Trinajstić information content (AvgIpc) is 4.08. The second-order valence-corrected chi connectivity index (χ2v) is 20.6. The number of para-hydroxylation sites is 1. The first kappa shape index (κ1) is 57.4. The molecule has 18 heteroatoms. The summed E-state index contributed by atoms with van der Waals surface area (Å²) < 4.78 is 7.26. The number of hydrogen-bond donors (Lipinski definition) is 4. The van der Waals surface area contributed by atoms with E-state index in [1.54, 1.807) is 7.05 Å². The third kappa shape index (κ3) is 16.4. The average molecular weight is 979 g/mol. The number of esters is 1. The molecule has 2 radical (unpaired) electrons. The van der Waals surface area contributed by atoms with Crippen molar-refractivity contribution >= 4 is 65.7 Å². The Hall–Kier alpha value is -6.22. The molecule has 3 aromatic rings. The number of nitriles is 1. The van der Waals surface area contributed by atoms with Crippen LogP contribution in [-0.2, 0) is 51.3 Å². The number of benzene rings is 2. The van der Waals surface area contributed by atoms with Crippen molar-refractivity contribution in [2.75, 3.05) is 21.1 Å². The van der Waals surface area contributed by atoms with Gasteiger partial charge in [-0.25, -0.2) is 9.59 Å². The number of carboxylic acids is 1. The van der Waals surface area contributed by atoms with E-state index in [2.05, 4.69) is 10.6 Å². The van der Waals surface area contributed by atoms with Gasteiger partial charge in [-0.2, -0.15) is 5.26 Å². The van der Waals surface area contributed by atoms with Crippen LogP contribution >= 0.6 is 0 Å². The minimum atomic E-state index is -1.60. The highest BCUT2D eigenvalue weighted by Crippen LogP contribution is 2.33. The molecule has 2 aromatic carbocycles. The van der Waals surface area contributed by atoms with Crippen molar-refractivity contribution in [3.05, 3.63) is 65.9 Å². The number of amides is 5. The summed E-state index contributed by atoms with van der Waals surface area (Å²) in [5.74, 6) is -5.08. The van der Waals surface area contributed by atoms with E-state index in [0.29, 0.717) is 30.8 Å². The molecule has 1 fully saturated rings. The lowest BCUT2D eigenvalue weighted by molar-refractivity contribution is -0.169. The summed E-state index contributed by atoms with van der Waals surface area (Å²) in [6.07, 6.45) is 3.10. The molecule has 7 atom stereocenters. The minimum Gasteiger partial charge on any atom is -0.479 e. The molecule has 5 N–H and O–H groups in total. The fourth-order valence-corrected chi connectivity index (χ4v) is 8.75. The van der Waals surface area contributed by atoms with Crippen LogP contribution in [0.2, 0.25) is 0 Å². The first-order chi connectivity index (χ1) is 33.4. The molecular weight excluding hydrogens is 903 g/mol. The summed E-state index contributed by atoms with van der Waals surface area (Å²) in [5.41, 5.74) is 9.55. The molecule has 0 saturated heterocycles. The number of rotatable bonds is 27. The van der Waals surface area contributed by atoms with Gasteiger partial charge < -0.3 is 45.5 Å². The Morgan fingerprint density at radius 1 is 0.789 bits per heavy atom. The fourth-order valence-electron chi connectivity index (χ4n) is 8.75. The molecule has 0 bridgehead atoms. The maximum atomic E-state index is 15.1. The number of nitrogens with two attached hydrogens (primary N) is 1. The second-order valence-electron chi connectivity index (χ2n) is 20.6. The van der Waals surface area contributed by atoms with Crippen LogP contribution < -0.4 is 21.8 Å². The van der Waals surface area contributed by atoms with Crippen molar-refractivity contribution in [2.45, 2.75) is 155 Å². The van der Waals surface area contributed by atoms with Crippen LogP contribution in [0.5, 0.6) is 0 Å². The Morgan fingerprint density at radius 3 is 1.86 bits per heavy atom. The number of nitrogens with one attached hydrogen (secondary N) is 2. The zero-order valence-electron chi connectivity index (χ0n) is 43.2. The predicted octanol–water partition coefficient (Wildman–Crippen LogP) is 4.06. The molecule has 4 rings (SSSR count). The van der Waals surface area contributed by atoms with Crippen LogP contribution in [0.1, 0.15) is 111 Å². The van der Waals surface area contributed by atoms with Crippen molar-refractivity contribution in [3.8, 4) is 6.07 Å². The topological polar surface area (TPSA) is 237 Å². The van der Waals surface area contributed by atoms with Crippen LogP contribution in [0.15, 0.2) is 54.7 Å². The van der Waals surface area contributed by atoms with E-state index in [9.17, 15) is 29.1 Å². The van der Waals surface area contributed by atoms with Gasteiger partial charge in [-0.1, -0.05) is 102 Å². The van der Waals surface area contributed by atoms with E-state index in [1.807, 2.05) is 107 Å². The number of nitrogens with zero attached hydrogens (tertiary/aromatic N) is 5. The van der Waals surface area contributed by atoms with Crippen LogP contribution in [0.4, 0.5) is 0 Å². The number of fused-ring (bicyclic) bond motifs is 1. The zero-order valence-corrected chi connectivity index (χ0v) is 43.2. The van der Waals surface area contributed by atoms with E-state index in [1.165, 1.54) is 30.8 Å². The third-order valence-electron chi connectivity index (χ3n) is 13.1. The van der Waals surface area contributed by atoms with Crippen molar-refractivity contribution in [2.24, 2.45) is 29.4 Å². The van der Waals surface area contributed by atoms with E-state index < -0.39 is 77.9 Å². The quantitative estimate of drug-likeness (QED) is 0.0628. The highest BCUT2D eigenvalue weighted by Gasteiger charge is 2.40. The van der Waals surface area contributed by atoms with Crippen molar-refractivity contribution in [1.82, 2.24) is 29.9 Å². The smallest absolute Gasteiger partial charge is 0.345 e. The molecule has 17 nitrogen and oxygen atoms in total. The van der Waals surface area contributed by atoms with E-state index in [4.69, 9.17) is 23.6 Å². The summed E-state index contributed by atoms with van der Waals surface area (Å²) in [6.45, 7) is 13.3. The Bertz CT molecular complexity index is 2380. The number of aliphatic carboxylic acids is 1. The first-order valence-electron chi connectivity index (χ1n) is 24.8. The molecule has 1 aliphatic carbocycles. The van der Waals surface area contributed by atoms with E-state index >= 15 is 9.59 Å². The first-order valence-corrected chi connectivity index (χ1v) is 24.8. The summed E-state index contributed by atoms with van der Waals surface area (Å²) in [5, 5.41) is 25.3. The van der Waals surface area contributed by atoms with Crippen LogP contribution in [-0.4, -0.2) is 137 Å². The Kier molecular flexibility index (Phi) is 21.2. The fraction of sp³-hybridized carbons (Fsp3) is 0.585. The number of ether oxygens (including phenoxy) is 1. The van der Waals surface area contributed by atoms with Gasteiger partial charge in [0.15, 0.2) is 6.10 Å². The van der Waals surface area contributed by atoms with Gasteiger partial charge in [0.05, 0.1) is 12.1 Å². The Morgan fingerprint density at radius 2 is 1.32 bits per heavy atom. The van der Waals surface area contributed by atoms with Gasteiger partial charge >= 0.3 is 11.9 Å². The monoisotopic (exact) mass is 979 g/mol. The number of aromatic nitrogens is 1. The summed E-state index contributed by atoms with van der Waals surface area (Å²) >= 11 is 0. The zero-order chi connectivity index (χ0) is 52.9. The maximum absolute atomic E-state index is 15.1. The lowest BCUT2D eigenvalue weighted by Crippen LogP contribution is -2.60. The lowest BCUT2D eigenvalue weighted by atomic mass is 9.95. The molecule has 0 unspecified atom stereocenters. The maximum Gasteiger partial charge on any atom is 0.345 e. The summed E-state index contributed by atoms with van der Waals surface area (Å²) in [7, 11) is 10.4. The summed E-state index contributed by atoms with van der Waals surface area (Å²) in [4.78, 5) is 101. The largest absolute Gasteiger partial charge is 0.479 e. The van der Waals surface area contributed by atoms with Crippen LogP contribution in [0, 0.1) is 35.0 Å². The SMILES string of the molecule is [B]c1ccc(Cn2cc(C[C@@H](C(=O)N[C@@H](CC(C)C)C(=O)N(C)[C@@H](C)C(=O)O[C@H](CCC#N)C(=O)O)N(C)C(=O)[C@H](CC(C)C)NC(=O)[C@H](CC(C)C)N(C)C(=O)[C@@H](N)CC3CC3)c3ccccc32)cc1. The molecule has 1 saturated carbocycles. The Balaban J connectivity index is 1.74. The number of carbonyl (C=O) groups is 7. The van der Waals surface area contributed by atoms with Gasteiger partial charge in [0.2, 0.25) is 29.5 Å². The number of hydrogen-bond acceptors (Lipinski definition) is 10. The molecule has 1 heterocycles. The minimum absolute atomic E-state index is 0.00284. The van der Waals surface area contributed by atoms with Gasteiger partial charge in [0.25, 0.3) is 0 Å². The van der Waals surface area contributed by atoms with Gasteiger partial charge in [-0.15, -0.1) is 0 Å². The van der Waals surface area contributed by atoms with Gasteiger partial charge in [0, 0.05) is 64.1 Å². The van der Waals surface area contributed by atoms with Crippen molar-refractivity contribution in [1.29, 1.82) is 5.26 Å².